The zero-order valence-corrected chi connectivity index (χ0v) is 9.82. The average Bonchev–Trinajstić information content (AvgIpc) is 2.94. The Balaban J connectivity index is 1.62. The molecule has 0 radical (unpaired) electrons. The first-order chi connectivity index (χ1) is 7.84. The van der Waals surface area contributed by atoms with Crippen LogP contribution in [0.5, 0.6) is 0 Å². The van der Waals surface area contributed by atoms with Crippen molar-refractivity contribution in [2.24, 2.45) is 0 Å². The van der Waals surface area contributed by atoms with Crippen molar-refractivity contribution in [2.75, 3.05) is 13.1 Å². The van der Waals surface area contributed by atoms with Gasteiger partial charge in [-0.2, -0.15) is 5.10 Å². The molecular weight excluding hydrogens is 200 g/mol. The molecule has 2 N–H and O–H groups in total. The summed E-state index contributed by atoms with van der Waals surface area (Å²) in [5.41, 5.74) is 1.19. The molecule has 88 valence electrons. The Bertz CT molecular complexity index is 335. The van der Waals surface area contributed by atoms with Crippen molar-refractivity contribution in [1.29, 1.82) is 0 Å². The van der Waals surface area contributed by atoms with Crippen molar-refractivity contribution in [3.63, 3.8) is 0 Å². The van der Waals surface area contributed by atoms with Crippen LogP contribution >= 0.6 is 0 Å². The van der Waals surface area contributed by atoms with Crippen molar-refractivity contribution in [3.05, 3.63) is 18.0 Å². The summed E-state index contributed by atoms with van der Waals surface area (Å²) < 4.78 is 0. The average molecular weight is 220 g/mol. The van der Waals surface area contributed by atoms with Crippen LogP contribution in [-0.4, -0.2) is 40.3 Å². The molecule has 1 aromatic rings. The lowest BCUT2D eigenvalue weighted by Crippen LogP contribution is -2.40. The van der Waals surface area contributed by atoms with Gasteiger partial charge in [-0.3, -0.25) is 10.00 Å². The van der Waals surface area contributed by atoms with E-state index in [0.717, 1.165) is 6.04 Å². The number of rotatable bonds is 3. The van der Waals surface area contributed by atoms with Gasteiger partial charge in [0.2, 0.25) is 0 Å². The van der Waals surface area contributed by atoms with Gasteiger partial charge in [0.25, 0.3) is 0 Å². The summed E-state index contributed by atoms with van der Waals surface area (Å²) >= 11 is 0. The van der Waals surface area contributed by atoms with Gasteiger partial charge in [0.05, 0.1) is 5.69 Å². The molecule has 3 atom stereocenters. The van der Waals surface area contributed by atoms with Crippen molar-refractivity contribution in [2.45, 2.75) is 44.3 Å². The fourth-order valence-electron chi connectivity index (χ4n) is 3.20. The maximum absolute atomic E-state index is 4.01. The van der Waals surface area contributed by atoms with Crippen LogP contribution in [0.1, 0.15) is 37.9 Å². The second-order valence-electron chi connectivity index (χ2n) is 5.04. The van der Waals surface area contributed by atoms with E-state index in [2.05, 4.69) is 33.4 Å². The third-order valence-corrected chi connectivity index (χ3v) is 4.06. The topological polar surface area (TPSA) is 44.0 Å². The highest BCUT2D eigenvalue weighted by Gasteiger charge is 2.37. The first-order valence-electron chi connectivity index (χ1n) is 6.34. The minimum absolute atomic E-state index is 0.382. The predicted molar refractivity (Wildman–Crippen MR) is 63.1 cm³/mol. The standard InChI is InChI=1S/C12H20N4/c1-9(10-4-6-13-15-10)14-11-5-8-16-7-2-3-12(11)16/h4,6,9,11-12,14H,2-3,5,7-8H2,1H3,(H,13,15). The van der Waals surface area contributed by atoms with Crippen LogP contribution in [0, 0.1) is 0 Å². The van der Waals surface area contributed by atoms with Gasteiger partial charge in [-0.15, -0.1) is 0 Å². The van der Waals surface area contributed by atoms with Crippen LogP contribution in [-0.2, 0) is 0 Å². The smallest absolute Gasteiger partial charge is 0.0518 e. The lowest BCUT2D eigenvalue weighted by atomic mass is 10.1. The summed E-state index contributed by atoms with van der Waals surface area (Å²) in [4.78, 5) is 2.64. The second kappa shape index (κ2) is 4.18. The molecule has 0 aromatic carbocycles. The Kier molecular flexibility index (Phi) is 2.69. The Morgan fingerprint density at radius 3 is 3.25 bits per heavy atom. The summed E-state index contributed by atoms with van der Waals surface area (Å²) in [6.07, 6.45) is 5.86. The Labute approximate surface area is 96.4 Å². The van der Waals surface area contributed by atoms with Gasteiger partial charge in [0, 0.05) is 30.9 Å². The molecule has 3 heterocycles. The van der Waals surface area contributed by atoms with Gasteiger partial charge in [-0.05, 0) is 38.8 Å². The SMILES string of the molecule is CC(NC1CCN2CCCC12)c1ccn[nH]1. The zero-order chi connectivity index (χ0) is 11.0. The van der Waals surface area contributed by atoms with Crippen molar-refractivity contribution in [3.8, 4) is 0 Å². The maximum Gasteiger partial charge on any atom is 0.0518 e. The van der Waals surface area contributed by atoms with E-state index in [0.29, 0.717) is 12.1 Å². The second-order valence-corrected chi connectivity index (χ2v) is 5.04. The summed E-state index contributed by atoms with van der Waals surface area (Å²) in [5, 5.41) is 10.8. The Hall–Kier alpha value is -0.870. The summed E-state index contributed by atoms with van der Waals surface area (Å²) in [7, 11) is 0. The molecule has 2 aliphatic heterocycles. The van der Waals surface area contributed by atoms with E-state index in [1.54, 1.807) is 0 Å². The third kappa shape index (κ3) is 1.76. The van der Waals surface area contributed by atoms with Crippen LogP contribution in [0.3, 0.4) is 0 Å². The molecule has 0 aliphatic carbocycles. The number of nitrogens with one attached hydrogen (secondary N) is 2. The lowest BCUT2D eigenvalue weighted by Gasteiger charge is -2.24. The van der Waals surface area contributed by atoms with E-state index in [9.17, 15) is 0 Å². The van der Waals surface area contributed by atoms with Crippen molar-refractivity contribution in [1.82, 2.24) is 20.4 Å². The van der Waals surface area contributed by atoms with Gasteiger partial charge in [0.1, 0.15) is 0 Å². The van der Waals surface area contributed by atoms with Crippen LogP contribution in [0.25, 0.3) is 0 Å². The van der Waals surface area contributed by atoms with E-state index < -0.39 is 0 Å². The number of nitrogens with zero attached hydrogens (tertiary/aromatic N) is 2. The first kappa shape index (κ1) is 10.3. The van der Waals surface area contributed by atoms with Gasteiger partial charge < -0.3 is 5.32 Å². The number of H-pyrrole nitrogens is 1. The number of hydrogen-bond donors (Lipinski definition) is 2. The van der Waals surface area contributed by atoms with Crippen molar-refractivity contribution >= 4 is 0 Å². The fourth-order valence-corrected chi connectivity index (χ4v) is 3.20. The van der Waals surface area contributed by atoms with E-state index in [1.807, 2.05) is 6.20 Å². The number of hydrogen-bond acceptors (Lipinski definition) is 3. The molecule has 1 aromatic heterocycles. The molecule has 4 heteroatoms. The van der Waals surface area contributed by atoms with Crippen LogP contribution in [0.15, 0.2) is 12.3 Å². The summed E-state index contributed by atoms with van der Waals surface area (Å²) in [5.74, 6) is 0. The number of aromatic amines is 1. The van der Waals surface area contributed by atoms with Gasteiger partial charge >= 0.3 is 0 Å². The zero-order valence-electron chi connectivity index (χ0n) is 9.82. The summed E-state index contributed by atoms with van der Waals surface area (Å²) in [6.45, 7) is 4.80. The highest BCUT2D eigenvalue weighted by molar-refractivity contribution is 5.05. The fraction of sp³-hybridized carbons (Fsp3) is 0.750. The minimum Gasteiger partial charge on any atom is -0.304 e. The molecule has 4 nitrogen and oxygen atoms in total. The lowest BCUT2D eigenvalue weighted by molar-refractivity contribution is 0.290. The van der Waals surface area contributed by atoms with E-state index in [1.165, 1.54) is 38.0 Å². The van der Waals surface area contributed by atoms with E-state index in [4.69, 9.17) is 0 Å². The minimum atomic E-state index is 0.382. The van der Waals surface area contributed by atoms with Gasteiger partial charge in [-0.1, -0.05) is 0 Å². The molecule has 3 rings (SSSR count). The normalized spacial score (nSPS) is 31.8. The molecule has 0 spiro atoms. The largest absolute Gasteiger partial charge is 0.304 e. The Morgan fingerprint density at radius 2 is 2.44 bits per heavy atom. The van der Waals surface area contributed by atoms with Crippen molar-refractivity contribution < 1.29 is 0 Å². The maximum atomic E-state index is 4.01. The molecule has 0 saturated carbocycles. The number of aromatic nitrogens is 2. The van der Waals surface area contributed by atoms with E-state index in [-0.39, 0.29) is 0 Å². The van der Waals surface area contributed by atoms with Gasteiger partial charge in [0.15, 0.2) is 0 Å². The summed E-state index contributed by atoms with van der Waals surface area (Å²) in [6, 6.07) is 3.89. The molecule has 16 heavy (non-hydrogen) atoms. The molecule has 2 saturated heterocycles. The molecule has 0 amide bonds. The molecular formula is C12H20N4. The molecule has 2 fully saturated rings. The van der Waals surface area contributed by atoms with Crippen LogP contribution in [0.4, 0.5) is 0 Å². The first-order valence-corrected chi connectivity index (χ1v) is 6.34. The van der Waals surface area contributed by atoms with E-state index >= 15 is 0 Å². The van der Waals surface area contributed by atoms with Gasteiger partial charge in [-0.25, -0.2) is 0 Å². The van der Waals surface area contributed by atoms with Crippen LogP contribution < -0.4 is 5.32 Å². The molecule has 2 aliphatic rings. The third-order valence-electron chi connectivity index (χ3n) is 4.06. The van der Waals surface area contributed by atoms with Crippen LogP contribution in [0.2, 0.25) is 0 Å². The highest BCUT2D eigenvalue weighted by Crippen LogP contribution is 2.29. The molecule has 0 bridgehead atoms. The molecule has 3 unspecified atom stereocenters. The quantitative estimate of drug-likeness (QED) is 0.807. The highest BCUT2D eigenvalue weighted by atomic mass is 15.2. The predicted octanol–water partition coefficient (Wildman–Crippen LogP) is 1.30. The Morgan fingerprint density at radius 1 is 1.50 bits per heavy atom. The number of fused-ring (bicyclic) bond motifs is 1. The monoisotopic (exact) mass is 220 g/mol.